The lowest BCUT2D eigenvalue weighted by Gasteiger charge is -2.25. The normalized spacial score (nSPS) is 13.2. The maximum atomic E-state index is 6.17. The van der Waals surface area contributed by atoms with E-state index in [1.54, 1.807) is 6.07 Å². The van der Waals surface area contributed by atoms with E-state index in [4.69, 9.17) is 23.2 Å². The molecular weight excluding hydrogens is 231 g/mol. The van der Waals surface area contributed by atoms with Gasteiger partial charge < -0.3 is 10.2 Å². The number of halogens is 2. The third kappa shape index (κ3) is 3.35. The summed E-state index contributed by atoms with van der Waals surface area (Å²) in [5.41, 5.74) is 1.10. The number of hydrogen-bond acceptors (Lipinski definition) is 2. The average Bonchev–Trinajstić information content (AvgIpc) is 2.15. The van der Waals surface area contributed by atoms with E-state index in [0.717, 1.165) is 17.1 Å². The molecule has 1 unspecified atom stereocenters. The summed E-state index contributed by atoms with van der Waals surface area (Å²) in [6.45, 7) is 0.856. The number of rotatable bonds is 4. The molecule has 84 valence electrons. The Bertz CT molecular complexity index is 326. The first-order valence-electron chi connectivity index (χ1n) is 4.82. The fourth-order valence-electron chi connectivity index (χ4n) is 1.54. The molecule has 2 nitrogen and oxygen atoms in total. The lowest BCUT2D eigenvalue weighted by atomic mass is 10.1. The lowest BCUT2D eigenvalue weighted by Crippen LogP contribution is -2.29. The molecule has 0 aliphatic rings. The van der Waals surface area contributed by atoms with E-state index in [1.807, 2.05) is 33.3 Å². The van der Waals surface area contributed by atoms with Crippen LogP contribution in [-0.4, -0.2) is 32.6 Å². The molecule has 1 aromatic rings. The minimum Gasteiger partial charge on any atom is -0.318 e. The number of nitrogens with zero attached hydrogens (tertiary/aromatic N) is 1. The van der Waals surface area contributed by atoms with Crippen LogP contribution in [-0.2, 0) is 0 Å². The Hall–Kier alpha value is -0.280. The first-order chi connectivity index (χ1) is 7.06. The molecule has 0 aromatic heterocycles. The maximum Gasteiger partial charge on any atom is 0.0481 e. The molecular formula is C11H16Cl2N2. The molecule has 0 radical (unpaired) electrons. The molecule has 0 amide bonds. The average molecular weight is 247 g/mol. The van der Waals surface area contributed by atoms with Gasteiger partial charge in [0.2, 0.25) is 0 Å². The zero-order chi connectivity index (χ0) is 11.4. The Kier molecular flexibility index (Phi) is 4.87. The van der Waals surface area contributed by atoms with Gasteiger partial charge in [0.15, 0.2) is 0 Å². The van der Waals surface area contributed by atoms with Crippen LogP contribution >= 0.6 is 23.2 Å². The summed E-state index contributed by atoms with van der Waals surface area (Å²) in [7, 11) is 6.00. The predicted octanol–water partition coefficient (Wildman–Crippen LogP) is 2.82. The number of hydrogen-bond donors (Lipinski definition) is 1. The van der Waals surface area contributed by atoms with E-state index in [1.165, 1.54) is 0 Å². The molecule has 0 heterocycles. The van der Waals surface area contributed by atoms with Gasteiger partial charge in [0.05, 0.1) is 0 Å². The fourth-order valence-corrected chi connectivity index (χ4v) is 2.07. The van der Waals surface area contributed by atoms with Crippen molar-refractivity contribution < 1.29 is 0 Å². The van der Waals surface area contributed by atoms with Gasteiger partial charge in [0.25, 0.3) is 0 Å². The molecule has 0 spiro atoms. The second-order valence-electron chi connectivity index (χ2n) is 3.70. The number of benzene rings is 1. The third-order valence-corrected chi connectivity index (χ3v) is 2.90. The van der Waals surface area contributed by atoms with Crippen LogP contribution in [0.3, 0.4) is 0 Å². The Balaban J connectivity index is 3.00. The van der Waals surface area contributed by atoms with Crippen molar-refractivity contribution in [2.24, 2.45) is 0 Å². The highest BCUT2D eigenvalue weighted by Crippen LogP contribution is 2.28. The highest BCUT2D eigenvalue weighted by Gasteiger charge is 2.16. The van der Waals surface area contributed by atoms with Crippen LogP contribution in [0.15, 0.2) is 18.2 Å². The van der Waals surface area contributed by atoms with Crippen molar-refractivity contribution in [1.82, 2.24) is 10.2 Å². The topological polar surface area (TPSA) is 15.3 Å². The van der Waals surface area contributed by atoms with Gasteiger partial charge in [0, 0.05) is 22.6 Å². The molecule has 0 fully saturated rings. The van der Waals surface area contributed by atoms with Crippen molar-refractivity contribution in [3.8, 4) is 0 Å². The van der Waals surface area contributed by atoms with E-state index in [0.29, 0.717) is 5.02 Å². The summed E-state index contributed by atoms with van der Waals surface area (Å²) in [5, 5.41) is 4.55. The van der Waals surface area contributed by atoms with Gasteiger partial charge in [-0.05, 0) is 38.8 Å². The zero-order valence-corrected chi connectivity index (χ0v) is 10.7. The van der Waals surface area contributed by atoms with Crippen LogP contribution in [0.2, 0.25) is 10.0 Å². The highest BCUT2D eigenvalue weighted by molar-refractivity contribution is 6.35. The van der Waals surface area contributed by atoms with Crippen molar-refractivity contribution in [3.05, 3.63) is 33.8 Å². The lowest BCUT2D eigenvalue weighted by molar-refractivity contribution is 0.294. The predicted molar refractivity (Wildman–Crippen MR) is 66.8 cm³/mol. The summed E-state index contributed by atoms with van der Waals surface area (Å²) in [4.78, 5) is 2.13. The first-order valence-corrected chi connectivity index (χ1v) is 5.58. The first kappa shape index (κ1) is 12.8. The van der Waals surface area contributed by atoms with Gasteiger partial charge in [0.1, 0.15) is 0 Å². The molecule has 1 aromatic carbocycles. The molecule has 1 rings (SSSR count). The summed E-state index contributed by atoms with van der Waals surface area (Å²) < 4.78 is 0. The van der Waals surface area contributed by atoms with E-state index >= 15 is 0 Å². The minimum atomic E-state index is 0.264. The summed E-state index contributed by atoms with van der Waals surface area (Å²) in [6, 6.07) is 5.89. The molecule has 0 aliphatic heterocycles. The monoisotopic (exact) mass is 246 g/mol. The van der Waals surface area contributed by atoms with E-state index in [-0.39, 0.29) is 6.04 Å². The van der Waals surface area contributed by atoms with Crippen molar-refractivity contribution in [3.63, 3.8) is 0 Å². The Morgan fingerprint density at radius 1 is 1.33 bits per heavy atom. The largest absolute Gasteiger partial charge is 0.318 e. The van der Waals surface area contributed by atoms with E-state index in [2.05, 4.69) is 10.2 Å². The van der Waals surface area contributed by atoms with Gasteiger partial charge in [-0.15, -0.1) is 0 Å². The smallest absolute Gasteiger partial charge is 0.0481 e. The Morgan fingerprint density at radius 3 is 2.47 bits per heavy atom. The molecule has 0 saturated heterocycles. The minimum absolute atomic E-state index is 0.264. The molecule has 0 aliphatic carbocycles. The number of nitrogens with one attached hydrogen (secondary N) is 1. The van der Waals surface area contributed by atoms with Crippen molar-refractivity contribution in [1.29, 1.82) is 0 Å². The van der Waals surface area contributed by atoms with Crippen LogP contribution in [0.5, 0.6) is 0 Å². The maximum absolute atomic E-state index is 6.17. The Morgan fingerprint density at radius 2 is 2.00 bits per heavy atom. The van der Waals surface area contributed by atoms with Crippen LogP contribution in [0.1, 0.15) is 11.6 Å². The van der Waals surface area contributed by atoms with Crippen LogP contribution < -0.4 is 5.32 Å². The molecule has 15 heavy (non-hydrogen) atoms. The number of likely N-dealkylation sites (N-methyl/N-ethyl adjacent to an activating group) is 2. The quantitative estimate of drug-likeness (QED) is 0.880. The standard InChI is InChI=1S/C11H16Cl2N2/c1-14-7-11(15(2)3)9-5-4-8(12)6-10(9)13/h4-6,11,14H,7H2,1-3H3. The van der Waals surface area contributed by atoms with Crippen molar-refractivity contribution >= 4 is 23.2 Å². The van der Waals surface area contributed by atoms with Gasteiger partial charge in [-0.3, -0.25) is 0 Å². The summed E-state index contributed by atoms with van der Waals surface area (Å²) in [5.74, 6) is 0. The summed E-state index contributed by atoms with van der Waals surface area (Å²) >= 11 is 12.0. The van der Waals surface area contributed by atoms with Gasteiger partial charge in [-0.2, -0.15) is 0 Å². The second-order valence-corrected chi connectivity index (χ2v) is 4.55. The zero-order valence-electron chi connectivity index (χ0n) is 9.22. The van der Waals surface area contributed by atoms with Crippen molar-refractivity contribution in [2.45, 2.75) is 6.04 Å². The molecule has 0 saturated carbocycles. The molecule has 1 N–H and O–H groups in total. The third-order valence-electron chi connectivity index (χ3n) is 2.34. The van der Waals surface area contributed by atoms with E-state index < -0.39 is 0 Å². The molecule has 1 atom stereocenters. The van der Waals surface area contributed by atoms with Gasteiger partial charge in [-0.25, -0.2) is 0 Å². The fraction of sp³-hybridized carbons (Fsp3) is 0.455. The summed E-state index contributed by atoms with van der Waals surface area (Å²) in [6.07, 6.45) is 0. The van der Waals surface area contributed by atoms with Crippen LogP contribution in [0.25, 0.3) is 0 Å². The van der Waals surface area contributed by atoms with Gasteiger partial charge >= 0.3 is 0 Å². The van der Waals surface area contributed by atoms with Gasteiger partial charge in [-0.1, -0.05) is 29.3 Å². The van der Waals surface area contributed by atoms with E-state index in [9.17, 15) is 0 Å². The molecule has 4 heteroatoms. The highest BCUT2D eigenvalue weighted by atomic mass is 35.5. The Labute approximate surface area is 101 Å². The SMILES string of the molecule is CNCC(c1ccc(Cl)cc1Cl)N(C)C. The van der Waals surface area contributed by atoms with Crippen LogP contribution in [0.4, 0.5) is 0 Å². The van der Waals surface area contributed by atoms with Crippen molar-refractivity contribution in [2.75, 3.05) is 27.7 Å². The van der Waals surface area contributed by atoms with Crippen LogP contribution in [0, 0.1) is 0 Å². The molecule has 0 bridgehead atoms. The second kappa shape index (κ2) is 5.71.